The van der Waals surface area contributed by atoms with Gasteiger partial charge in [-0.1, -0.05) is 12.8 Å². The Bertz CT molecular complexity index is 565. The van der Waals surface area contributed by atoms with Crippen LogP contribution in [0.25, 0.3) is 0 Å². The van der Waals surface area contributed by atoms with Gasteiger partial charge in [0.1, 0.15) is 5.82 Å². The third-order valence-corrected chi connectivity index (χ3v) is 5.53. The van der Waals surface area contributed by atoms with E-state index < -0.39 is 5.60 Å². The molecular weight excluding hydrogens is 337 g/mol. The van der Waals surface area contributed by atoms with E-state index in [1.807, 2.05) is 0 Å². The quantitative estimate of drug-likeness (QED) is 0.838. The molecule has 2 aliphatic rings. The van der Waals surface area contributed by atoms with Crippen LogP contribution in [0.2, 0.25) is 0 Å². The van der Waals surface area contributed by atoms with Crippen molar-refractivity contribution in [2.24, 2.45) is 5.92 Å². The lowest BCUT2D eigenvalue weighted by Gasteiger charge is -2.47. The minimum Gasteiger partial charge on any atom is -0.389 e. The molecule has 3 rings (SSSR count). The van der Waals surface area contributed by atoms with Crippen LogP contribution in [0.15, 0.2) is 22.7 Å². The molecular formula is C16H19BrFNO2. The Morgan fingerprint density at radius 3 is 2.95 bits per heavy atom. The zero-order valence-corrected chi connectivity index (χ0v) is 13.4. The van der Waals surface area contributed by atoms with Crippen molar-refractivity contribution in [3.05, 3.63) is 34.1 Å². The lowest BCUT2D eigenvalue weighted by atomic mass is 9.71. The summed E-state index contributed by atoms with van der Waals surface area (Å²) in [6, 6.07) is 4.14. The first kappa shape index (κ1) is 15.0. The van der Waals surface area contributed by atoms with Crippen LogP contribution in [-0.4, -0.2) is 34.6 Å². The molecule has 21 heavy (non-hydrogen) atoms. The normalized spacial score (nSPS) is 29.1. The predicted octanol–water partition coefficient (Wildman–Crippen LogP) is 3.36. The van der Waals surface area contributed by atoms with Crippen LogP contribution in [0.1, 0.15) is 42.5 Å². The van der Waals surface area contributed by atoms with E-state index in [2.05, 4.69) is 15.9 Å². The molecule has 1 heterocycles. The molecule has 2 unspecified atom stereocenters. The maximum Gasteiger partial charge on any atom is 0.255 e. The molecule has 0 bridgehead atoms. The summed E-state index contributed by atoms with van der Waals surface area (Å²) in [5, 5.41) is 10.7. The summed E-state index contributed by atoms with van der Waals surface area (Å²) < 4.78 is 13.6. The van der Waals surface area contributed by atoms with Crippen molar-refractivity contribution in [1.82, 2.24) is 4.90 Å². The van der Waals surface area contributed by atoms with Crippen molar-refractivity contribution < 1.29 is 14.3 Å². The second-order valence-corrected chi connectivity index (χ2v) is 7.03. The average molecular weight is 356 g/mol. The van der Waals surface area contributed by atoms with E-state index in [1.54, 1.807) is 4.90 Å². The van der Waals surface area contributed by atoms with Gasteiger partial charge in [0.05, 0.1) is 11.2 Å². The van der Waals surface area contributed by atoms with Crippen molar-refractivity contribution in [1.29, 1.82) is 0 Å². The first-order chi connectivity index (χ1) is 9.99. The van der Waals surface area contributed by atoms with E-state index in [-0.39, 0.29) is 17.6 Å². The number of fused-ring (bicyclic) bond motifs is 1. The van der Waals surface area contributed by atoms with E-state index in [1.165, 1.54) is 18.2 Å². The van der Waals surface area contributed by atoms with Crippen LogP contribution < -0.4 is 0 Å². The van der Waals surface area contributed by atoms with E-state index >= 15 is 0 Å². The second-order valence-electron chi connectivity index (χ2n) is 6.17. The summed E-state index contributed by atoms with van der Waals surface area (Å²) in [6.07, 6.45) is 4.66. The van der Waals surface area contributed by atoms with Gasteiger partial charge in [0, 0.05) is 23.5 Å². The number of aliphatic hydroxyl groups is 1. The molecule has 2 atom stereocenters. The average Bonchev–Trinajstić information content (AvgIpc) is 2.45. The molecule has 0 aromatic heterocycles. The van der Waals surface area contributed by atoms with Crippen LogP contribution in [0, 0.1) is 11.7 Å². The number of amides is 1. The van der Waals surface area contributed by atoms with Crippen LogP contribution in [0.4, 0.5) is 4.39 Å². The van der Waals surface area contributed by atoms with E-state index in [0.717, 1.165) is 25.7 Å². The minimum atomic E-state index is -0.588. The van der Waals surface area contributed by atoms with Crippen LogP contribution in [-0.2, 0) is 0 Å². The van der Waals surface area contributed by atoms with Crippen LogP contribution in [0.5, 0.6) is 0 Å². The third-order valence-electron chi connectivity index (χ3n) is 4.88. The summed E-state index contributed by atoms with van der Waals surface area (Å²) in [5.74, 6) is -0.281. The van der Waals surface area contributed by atoms with Gasteiger partial charge in [-0.3, -0.25) is 4.79 Å². The van der Waals surface area contributed by atoms with Crippen LogP contribution in [0.3, 0.4) is 0 Å². The van der Waals surface area contributed by atoms with Gasteiger partial charge < -0.3 is 10.0 Å². The Hall–Kier alpha value is -0.940. The van der Waals surface area contributed by atoms with Crippen molar-refractivity contribution in [2.75, 3.05) is 13.1 Å². The first-order valence-corrected chi connectivity index (χ1v) is 8.26. The highest BCUT2D eigenvalue weighted by Crippen LogP contribution is 2.40. The molecule has 1 aromatic rings. The molecule has 1 aromatic carbocycles. The second kappa shape index (κ2) is 5.69. The number of likely N-dealkylation sites (tertiary alicyclic amines) is 1. The van der Waals surface area contributed by atoms with E-state index in [9.17, 15) is 14.3 Å². The lowest BCUT2D eigenvalue weighted by molar-refractivity contribution is -0.0886. The van der Waals surface area contributed by atoms with Crippen molar-refractivity contribution >= 4 is 21.8 Å². The van der Waals surface area contributed by atoms with Crippen molar-refractivity contribution in [3.8, 4) is 0 Å². The molecule has 114 valence electrons. The molecule has 1 aliphatic carbocycles. The zero-order valence-electron chi connectivity index (χ0n) is 11.8. The smallest absolute Gasteiger partial charge is 0.255 e. The number of piperidine rings is 1. The fourth-order valence-corrected chi connectivity index (χ4v) is 4.11. The Morgan fingerprint density at radius 2 is 2.19 bits per heavy atom. The number of hydrogen-bond acceptors (Lipinski definition) is 2. The molecule has 3 nitrogen and oxygen atoms in total. The topological polar surface area (TPSA) is 40.5 Å². The summed E-state index contributed by atoms with van der Waals surface area (Å²) in [6.45, 7) is 1.16. The molecule has 1 amide bonds. The summed E-state index contributed by atoms with van der Waals surface area (Å²) >= 11 is 3.26. The van der Waals surface area contributed by atoms with Gasteiger partial charge in [0.15, 0.2) is 0 Å². The number of carbonyl (C=O) groups excluding carboxylic acids is 1. The number of nitrogens with zero attached hydrogens (tertiary/aromatic N) is 1. The Kier molecular flexibility index (Phi) is 4.06. The van der Waals surface area contributed by atoms with Gasteiger partial charge in [-0.2, -0.15) is 0 Å². The highest BCUT2D eigenvalue weighted by molar-refractivity contribution is 9.10. The van der Waals surface area contributed by atoms with Gasteiger partial charge in [-0.05, 0) is 53.4 Å². The molecule has 0 spiro atoms. The monoisotopic (exact) mass is 355 g/mol. The molecule has 0 radical (unpaired) electrons. The number of benzene rings is 1. The van der Waals surface area contributed by atoms with E-state index in [4.69, 9.17) is 0 Å². The van der Waals surface area contributed by atoms with Gasteiger partial charge in [-0.25, -0.2) is 4.39 Å². The fraction of sp³-hybridized carbons (Fsp3) is 0.562. The number of rotatable bonds is 1. The number of halogens is 2. The van der Waals surface area contributed by atoms with Crippen LogP contribution >= 0.6 is 15.9 Å². The summed E-state index contributed by atoms with van der Waals surface area (Å²) in [5.41, 5.74) is -0.104. The Labute approximate surface area is 132 Å². The molecule has 1 N–H and O–H groups in total. The van der Waals surface area contributed by atoms with E-state index in [0.29, 0.717) is 29.5 Å². The first-order valence-electron chi connectivity index (χ1n) is 7.46. The molecule has 2 fully saturated rings. The summed E-state index contributed by atoms with van der Waals surface area (Å²) in [4.78, 5) is 14.4. The van der Waals surface area contributed by atoms with Gasteiger partial charge in [-0.15, -0.1) is 0 Å². The molecule has 5 heteroatoms. The maximum absolute atomic E-state index is 13.1. The summed E-state index contributed by atoms with van der Waals surface area (Å²) in [7, 11) is 0. The highest BCUT2D eigenvalue weighted by atomic mass is 79.9. The maximum atomic E-state index is 13.1. The molecule has 1 saturated heterocycles. The Balaban J connectivity index is 1.77. The fourth-order valence-electron chi connectivity index (χ4n) is 3.59. The molecule has 1 saturated carbocycles. The lowest BCUT2D eigenvalue weighted by Crippen LogP contribution is -2.54. The minimum absolute atomic E-state index is 0.0884. The molecule has 1 aliphatic heterocycles. The standard InChI is InChI=1S/C16H19BrFNO2/c17-14-9-12(18)4-5-13(14)15(20)19-8-7-16(21)6-2-1-3-11(16)10-19/h4-5,9,11,21H,1-3,6-8,10H2. The van der Waals surface area contributed by atoms with Gasteiger partial charge in [0.2, 0.25) is 0 Å². The van der Waals surface area contributed by atoms with Gasteiger partial charge >= 0.3 is 0 Å². The van der Waals surface area contributed by atoms with Crippen molar-refractivity contribution in [2.45, 2.75) is 37.7 Å². The number of hydrogen-bond donors (Lipinski definition) is 1. The Morgan fingerprint density at radius 1 is 1.38 bits per heavy atom. The third kappa shape index (κ3) is 2.86. The zero-order chi connectivity index (χ0) is 15.0. The predicted molar refractivity (Wildman–Crippen MR) is 81.5 cm³/mol. The largest absolute Gasteiger partial charge is 0.389 e. The van der Waals surface area contributed by atoms with Crippen molar-refractivity contribution in [3.63, 3.8) is 0 Å². The number of carbonyl (C=O) groups is 1. The SMILES string of the molecule is O=C(c1ccc(F)cc1Br)N1CCC2(O)CCCCC2C1. The highest BCUT2D eigenvalue weighted by Gasteiger charge is 2.43. The van der Waals surface area contributed by atoms with Gasteiger partial charge in [0.25, 0.3) is 5.91 Å².